The summed E-state index contributed by atoms with van der Waals surface area (Å²) >= 11 is 0. The molecule has 2 aliphatic heterocycles. The Labute approximate surface area is 227 Å². The molecule has 0 N–H and O–H groups in total. The average molecular weight is 529 g/mol. The third-order valence-electron chi connectivity index (χ3n) is 7.21. The molecule has 3 aromatic rings. The zero-order chi connectivity index (χ0) is 26.8. The number of rotatable bonds is 8. The maximum atomic E-state index is 12.3. The van der Waals surface area contributed by atoms with Crippen LogP contribution in [0.4, 0.5) is 17.5 Å². The first-order valence-corrected chi connectivity index (χ1v) is 13.3. The van der Waals surface area contributed by atoms with Gasteiger partial charge < -0.3 is 23.8 Å². The van der Waals surface area contributed by atoms with Gasteiger partial charge >= 0.3 is 5.97 Å². The molecule has 1 fully saturated rings. The van der Waals surface area contributed by atoms with Gasteiger partial charge in [0.2, 0.25) is 5.95 Å². The Bertz CT molecular complexity index is 1430. The zero-order valence-corrected chi connectivity index (χ0v) is 22.2. The molecule has 0 spiro atoms. The lowest BCUT2D eigenvalue weighted by Crippen LogP contribution is -2.47. The Balaban J connectivity index is 1.35. The molecule has 0 amide bonds. The van der Waals surface area contributed by atoms with Crippen molar-refractivity contribution < 1.29 is 14.3 Å². The molecule has 2 unspecified atom stereocenters. The number of anilines is 3. The summed E-state index contributed by atoms with van der Waals surface area (Å²) in [5.74, 6) is 1.01. The molecule has 4 heterocycles. The predicted molar refractivity (Wildman–Crippen MR) is 150 cm³/mol. The number of ether oxygens (including phenoxy) is 2. The fourth-order valence-electron chi connectivity index (χ4n) is 5.27. The number of fused-ring (bicyclic) bond motifs is 2. The minimum Gasteiger partial charge on any atom is -0.465 e. The molecular formula is C28H32N8O3. The van der Waals surface area contributed by atoms with Gasteiger partial charge in [-0.3, -0.25) is 4.79 Å². The fraction of sp³-hybridized carbons (Fsp3) is 0.393. The minimum atomic E-state index is -0.334. The number of hydrazone groups is 1. The van der Waals surface area contributed by atoms with E-state index in [0.717, 1.165) is 31.8 Å². The van der Waals surface area contributed by atoms with Crippen molar-refractivity contribution in [3.8, 4) is 0 Å². The van der Waals surface area contributed by atoms with Crippen LogP contribution in [-0.2, 0) is 20.8 Å². The van der Waals surface area contributed by atoms with Crippen molar-refractivity contribution in [2.24, 2.45) is 11.0 Å². The lowest BCUT2D eigenvalue weighted by atomic mass is 9.93. The van der Waals surface area contributed by atoms with Gasteiger partial charge in [-0.05, 0) is 24.6 Å². The maximum absolute atomic E-state index is 12.3. The Kier molecular flexibility index (Phi) is 6.97. The van der Waals surface area contributed by atoms with E-state index in [0.29, 0.717) is 36.1 Å². The van der Waals surface area contributed by atoms with Gasteiger partial charge in [-0.1, -0.05) is 36.4 Å². The molecule has 0 bridgehead atoms. The smallest absolute Gasteiger partial charge is 0.326 e. The molecule has 2 atom stereocenters. The highest BCUT2D eigenvalue weighted by Crippen LogP contribution is 2.34. The van der Waals surface area contributed by atoms with Crippen LogP contribution in [0.15, 0.2) is 65.6 Å². The number of nitrogens with zero attached hydrogens (tertiary/aromatic N) is 8. The zero-order valence-electron chi connectivity index (χ0n) is 22.2. The van der Waals surface area contributed by atoms with Gasteiger partial charge in [-0.25, -0.2) is 9.99 Å². The second-order valence-corrected chi connectivity index (χ2v) is 9.72. The Hall–Kier alpha value is -4.25. The van der Waals surface area contributed by atoms with Gasteiger partial charge in [0, 0.05) is 51.1 Å². The van der Waals surface area contributed by atoms with Crippen molar-refractivity contribution in [3.05, 3.63) is 60.5 Å². The topological polar surface area (TPSA) is 101 Å². The van der Waals surface area contributed by atoms with E-state index in [-0.39, 0.29) is 24.5 Å². The highest BCUT2D eigenvalue weighted by atomic mass is 16.5. The van der Waals surface area contributed by atoms with Crippen LogP contribution in [-0.4, -0.2) is 84.2 Å². The van der Waals surface area contributed by atoms with Crippen LogP contribution < -0.4 is 14.8 Å². The van der Waals surface area contributed by atoms with Gasteiger partial charge in [0.1, 0.15) is 6.54 Å². The number of esters is 1. The molecule has 6 rings (SSSR count). The molecule has 0 radical (unpaired) electrons. The number of aromatic nitrogens is 4. The number of carbonyl (C=O) groups excluding carboxylic acids is 1. The van der Waals surface area contributed by atoms with Crippen LogP contribution in [0.5, 0.6) is 0 Å². The summed E-state index contributed by atoms with van der Waals surface area (Å²) in [4.78, 5) is 31.5. The maximum Gasteiger partial charge on any atom is 0.326 e. The normalized spacial score (nSPS) is 20.5. The third-order valence-corrected chi connectivity index (χ3v) is 7.21. The summed E-state index contributed by atoms with van der Waals surface area (Å²) in [6.45, 7) is 5.90. The van der Waals surface area contributed by atoms with E-state index in [9.17, 15) is 4.79 Å². The van der Waals surface area contributed by atoms with Crippen molar-refractivity contribution in [2.45, 2.75) is 19.5 Å². The number of methoxy groups -OCH3 is 1. The Morgan fingerprint density at radius 2 is 1.87 bits per heavy atom. The first-order chi connectivity index (χ1) is 19.1. The lowest BCUT2D eigenvalue weighted by molar-refractivity contribution is -0.143. The highest BCUT2D eigenvalue weighted by Gasteiger charge is 2.34. The molecule has 3 aliphatic rings. The number of hydrogen-bond acceptors (Lipinski definition) is 10. The van der Waals surface area contributed by atoms with Crippen molar-refractivity contribution in [3.63, 3.8) is 0 Å². The minimum absolute atomic E-state index is 0.0258. The number of carbonyl (C=O) groups is 1. The molecule has 1 aromatic carbocycles. The number of benzene rings is 1. The summed E-state index contributed by atoms with van der Waals surface area (Å²) in [6.07, 6.45) is 9.96. The number of para-hydroxylation sites is 1. The van der Waals surface area contributed by atoms with Crippen LogP contribution >= 0.6 is 0 Å². The van der Waals surface area contributed by atoms with Gasteiger partial charge in [0.25, 0.3) is 0 Å². The molecule has 11 nitrogen and oxygen atoms in total. The second-order valence-electron chi connectivity index (χ2n) is 9.72. The molecule has 202 valence electrons. The summed E-state index contributed by atoms with van der Waals surface area (Å²) in [5.41, 5.74) is 3.48. The predicted octanol–water partition coefficient (Wildman–Crippen LogP) is 2.65. The fourth-order valence-corrected chi connectivity index (χ4v) is 5.27. The first-order valence-electron chi connectivity index (χ1n) is 13.3. The third kappa shape index (κ3) is 4.97. The molecule has 1 aliphatic carbocycles. The van der Waals surface area contributed by atoms with Gasteiger partial charge in [0.15, 0.2) is 17.0 Å². The molecule has 0 saturated carbocycles. The highest BCUT2D eigenvalue weighted by molar-refractivity contribution is 5.88. The first kappa shape index (κ1) is 25.1. The second kappa shape index (κ2) is 10.9. The van der Waals surface area contributed by atoms with Gasteiger partial charge in [-0.2, -0.15) is 15.1 Å². The van der Waals surface area contributed by atoms with E-state index in [4.69, 9.17) is 24.5 Å². The van der Waals surface area contributed by atoms with E-state index < -0.39 is 0 Å². The summed E-state index contributed by atoms with van der Waals surface area (Å²) in [6, 6.07) is 10.4. The van der Waals surface area contributed by atoms with Crippen molar-refractivity contribution in [1.29, 1.82) is 0 Å². The molecule has 1 saturated heterocycles. The number of imidazole rings is 1. The largest absolute Gasteiger partial charge is 0.465 e. The van der Waals surface area contributed by atoms with Crippen molar-refractivity contribution in [2.75, 3.05) is 61.3 Å². The number of piperazine rings is 1. The Morgan fingerprint density at radius 1 is 1.08 bits per heavy atom. The molecule has 39 heavy (non-hydrogen) atoms. The summed E-state index contributed by atoms with van der Waals surface area (Å²) in [7, 11) is 1.69. The SMILES string of the molecule is CCOC(=O)Cn1cnc2c(N3N=CC4C=CC(COC)=CC43)nc(N3CCN(c4ccccc4)CC3)nc21. The van der Waals surface area contributed by atoms with E-state index in [1.807, 2.05) is 17.3 Å². The standard InChI is InChI=1S/C28H32N8O3/c1-3-39-24(37)17-35-19-29-25-26(35)31-28(34-13-11-33(12-14-34)22-7-5-4-6-8-22)32-27(25)36-23-15-20(18-38-2)9-10-21(23)16-30-36/h4-10,15-16,19,21,23H,3,11-14,17-18H2,1-2H3. The van der Waals surface area contributed by atoms with Crippen LogP contribution in [0.2, 0.25) is 0 Å². The van der Waals surface area contributed by atoms with Gasteiger partial charge in [-0.15, -0.1) is 0 Å². The quantitative estimate of drug-likeness (QED) is 0.409. The van der Waals surface area contributed by atoms with E-state index in [1.54, 1.807) is 24.9 Å². The van der Waals surface area contributed by atoms with Gasteiger partial charge in [0.05, 0.1) is 25.6 Å². The van der Waals surface area contributed by atoms with E-state index in [2.05, 4.69) is 57.3 Å². The van der Waals surface area contributed by atoms with E-state index >= 15 is 0 Å². The van der Waals surface area contributed by atoms with Crippen LogP contribution in [0.3, 0.4) is 0 Å². The Morgan fingerprint density at radius 3 is 2.64 bits per heavy atom. The van der Waals surface area contributed by atoms with Crippen LogP contribution in [0.1, 0.15) is 6.92 Å². The van der Waals surface area contributed by atoms with Crippen LogP contribution in [0.25, 0.3) is 11.2 Å². The van der Waals surface area contributed by atoms with Crippen molar-refractivity contribution in [1.82, 2.24) is 19.5 Å². The lowest BCUT2D eigenvalue weighted by Gasteiger charge is -2.36. The summed E-state index contributed by atoms with van der Waals surface area (Å²) in [5, 5.41) is 6.66. The average Bonchev–Trinajstić information content (AvgIpc) is 3.57. The monoisotopic (exact) mass is 528 g/mol. The molecular weight excluding hydrogens is 496 g/mol. The van der Waals surface area contributed by atoms with Crippen LogP contribution in [0, 0.1) is 5.92 Å². The molecule has 2 aromatic heterocycles. The van der Waals surface area contributed by atoms with Crippen molar-refractivity contribution >= 4 is 40.8 Å². The molecule has 11 heteroatoms. The number of hydrogen-bond donors (Lipinski definition) is 0. The van der Waals surface area contributed by atoms with E-state index in [1.165, 1.54) is 5.69 Å². The summed E-state index contributed by atoms with van der Waals surface area (Å²) < 4.78 is 12.3.